The van der Waals surface area contributed by atoms with Gasteiger partial charge < -0.3 is 10.5 Å². The quantitative estimate of drug-likeness (QED) is 0.584. The van der Waals surface area contributed by atoms with Gasteiger partial charge in [0, 0.05) is 13.2 Å². The van der Waals surface area contributed by atoms with E-state index in [2.05, 4.69) is 4.72 Å². The summed E-state index contributed by atoms with van der Waals surface area (Å²) in [6.45, 7) is 3.25. The van der Waals surface area contributed by atoms with Gasteiger partial charge in [-0.2, -0.15) is 0 Å². The van der Waals surface area contributed by atoms with Crippen LogP contribution >= 0.6 is 0 Å². The van der Waals surface area contributed by atoms with Gasteiger partial charge in [-0.05, 0) is 43.4 Å². The van der Waals surface area contributed by atoms with Gasteiger partial charge in [-0.15, -0.1) is 0 Å². The van der Waals surface area contributed by atoms with Crippen LogP contribution in [0.5, 0.6) is 0 Å². The lowest BCUT2D eigenvalue weighted by Gasteiger charge is -2.10. The zero-order chi connectivity index (χ0) is 13.9. The van der Waals surface area contributed by atoms with Crippen molar-refractivity contribution < 1.29 is 13.2 Å². The second-order valence-electron chi connectivity index (χ2n) is 4.96. The average molecular weight is 284 g/mol. The van der Waals surface area contributed by atoms with Gasteiger partial charge >= 0.3 is 0 Å². The molecule has 0 unspecified atom stereocenters. The third-order valence-electron chi connectivity index (χ3n) is 3.04. The van der Waals surface area contributed by atoms with Crippen LogP contribution in [-0.4, -0.2) is 28.2 Å². The Morgan fingerprint density at radius 3 is 2.79 bits per heavy atom. The molecule has 1 aromatic rings. The Bertz CT molecular complexity index is 539. The number of hydrogen-bond donors (Lipinski definition) is 2. The number of sulfonamides is 1. The van der Waals surface area contributed by atoms with Crippen LogP contribution in [0.4, 0.5) is 5.69 Å². The minimum Gasteiger partial charge on any atom is -0.398 e. The summed E-state index contributed by atoms with van der Waals surface area (Å²) in [5, 5.41) is 0. The molecule has 0 atom stereocenters. The van der Waals surface area contributed by atoms with E-state index in [1.54, 1.807) is 12.1 Å². The maximum absolute atomic E-state index is 12.0. The molecule has 0 heterocycles. The molecule has 3 N–H and O–H groups in total. The largest absolute Gasteiger partial charge is 0.398 e. The highest BCUT2D eigenvalue weighted by Crippen LogP contribution is 2.28. The molecule has 0 spiro atoms. The summed E-state index contributed by atoms with van der Waals surface area (Å²) < 4.78 is 31.9. The molecule has 1 saturated carbocycles. The number of benzene rings is 1. The lowest BCUT2D eigenvalue weighted by atomic mass is 10.2. The molecule has 1 aliphatic carbocycles. The maximum atomic E-state index is 12.0. The minimum absolute atomic E-state index is 0.125. The van der Waals surface area contributed by atoms with E-state index in [1.165, 1.54) is 18.9 Å². The zero-order valence-corrected chi connectivity index (χ0v) is 11.9. The molecule has 0 bridgehead atoms. The fraction of sp³-hybridized carbons (Fsp3) is 0.538. The average Bonchev–Trinajstić information content (AvgIpc) is 3.11. The summed E-state index contributed by atoms with van der Waals surface area (Å²) in [6.07, 6.45) is 2.46. The first-order valence-electron chi connectivity index (χ1n) is 6.42. The van der Waals surface area contributed by atoms with E-state index in [0.29, 0.717) is 12.5 Å². The number of anilines is 1. The van der Waals surface area contributed by atoms with Gasteiger partial charge in [0.15, 0.2) is 0 Å². The Hall–Kier alpha value is -1.11. The molecular weight excluding hydrogens is 264 g/mol. The van der Waals surface area contributed by atoms with Crippen molar-refractivity contribution in [1.82, 2.24) is 4.72 Å². The lowest BCUT2D eigenvalue weighted by molar-refractivity contribution is 0.129. The van der Waals surface area contributed by atoms with E-state index in [0.717, 1.165) is 12.2 Å². The molecule has 0 saturated heterocycles. The van der Waals surface area contributed by atoms with Crippen LogP contribution in [0, 0.1) is 12.8 Å². The molecule has 0 amide bonds. The van der Waals surface area contributed by atoms with E-state index in [4.69, 9.17) is 10.5 Å². The van der Waals surface area contributed by atoms with E-state index in [-0.39, 0.29) is 17.1 Å². The van der Waals surface area contributed by atoms with Crippen LogP contribution in [0.25, 0.3) is 0 Å². The van der Waals surface area contributed by atoms with Crippen LogP contribution in [0.1, 0.15) is 18.4 Å². The van der Waals surface area contributed by atoms with E-state index >= 15 is 0 Å². The topological polar surface area (TPSA) is 81.4 Å². The van der Waals surface area contributed by atoms with Crippen LogP contribution in [0.15, 0.2) is 23.1 Å². The highest BCUT2D eigenvalue weighted by Gasteiger charge is 2.21. The van der Waals surface area contributed by atoms with Crippen LogP contribution in [0.2, 0.25) is 0 Å². The lowest BCUT2D eigenvalue weighted by Crippen LogP contribution is -2.28. The second kappa shape index (κ2) is 5.90. The fourth-order valence-corrected chi connectivity index (χ4v) is 2.90. The van der Waals surface area contributed by atoms with Crippen molar-refractivity contribution in [3.63, 3.8) is 0 Å². The fourth-order valence-electron chi connectivity index (χ4n) is 1.77. The van der Waals surface area contributed by atoms with Crippen molar-refractivity contribution in [1.29, 1.82) is 0 Å². The van der Waals surface area contributed by atoms with Crippen molar-refractivity contribution in [3.8, 4) is 0 Å². The Balaban J connectivity index is 1.86. The van der Waals surface area contributed by atoms with E-state index < -0.39 is 10.0 Å². The zero-order valence-electron chi connectivity index (χ0n) is 11.1. The van der Waals surface area contributed by atoms with Gasteiger partial charge in [0.1, 0.15) is 4.90 Å². The first-order chi connectivity index (χ1) is 8.99. The molecule has 19 heavy (non-hydrogen) atoms. The van der Waals surface area contributed by atoms with Gasteiger partial charge in [0.05, 0.1) is 12.3 Å². The third-order valence-corrected chi connectivity index (χ3v) is 4.58. The second-order valence-corrected chi connectivity index (χ2v) is 6.69. The standard InChI is InChI=1S/C13H20N2O3S/c1-10-2-5-13(12(14)8-10)19(16,17)15-6-7-18-9-11-3-4-11/h2,5,8,11,15H,3-4,6-7,9,14H2,1H3. The third kappa shape index (κ3) is 4.19. The molecule has 1 aromatic carbocycles. The number of nitrogens with one attached hydrogen (secondary N) is 1. The van der Waals surface area contributed by atoms with Crippen molar-refractivity contribution in [2.75, 3.05) is 25.5 Å². The predicted octanol–water partition coefficient (Wildman–Crippen LogP) is 1.28. The SMILES string of the molecule is Cc1ccc(S(=O)(=O)NCCOCC2CC2)c(N)c1. The molecule has 6 heteroatoms. The Morgan fingerprint density at radius 2 is 2.16 bits per heavy atom. The number of aryl methyl sites for hydroxylation is 1. The summed E-state index contributed by atoms with van der Waals surface area (Å²) in [6, 6.07) is 4.91. The van der Waals surface area contributed by atoms with Crippen molar-refractivity contribution in [2.24, 2.45) is 5.92 Å². The smallest absolute Gasteiger partial charge is 0.242 e. The molecule has 0 aliphatic heterocycles. The Morgan fingerprint density at radius 1 is 1.42 bits per heavy atom. The first-order valence-corrected chi connectivity index (χ1v) is 7.91. The number of rotatable bonds is 7. The van der Waals surface area contributed by atoms with Crippen molar-refractivity contribution in [2.45, 2.75) is 24.7 Å². The Labute approximate surface area is 114 Å². The van der Waals surface area contributed by atoms with E-state index in [1.807, 2.05) is 6.92 Å². The normalized spacial score (nSPS) is 15.6. The number of nitrogens with two attached hydrogens (primary N) is 1. The minimum atomic E-state index is -3.55. The molecule has 0 aromatic heterocycles. The van der Waals surface area contributed by atoms with Crippen LogP contribution in [-0.2, 0) is 14.8 Å². The molecule has 5 nitrogen and oxygen atoms in total. The highest BCUT2D eigenvalue weighted by molar-refractivity contribution is 7.89. The molecule has 0 radical (unpaired) electrons. The van der Waals surface area contributed by atoms with Crippen LogP contribution in [0.3, 0.4) is 0 Å². The van der Waals surface area contributed by atoms with Gasteiger partial charge in [-0.1, -0.05) is 6.07 Å². The highest BCUT2D eigenvalue weighted by atomic mass is 32.2. The molecule has 106 valence electrons. The van der Waals surface area contributed by atoms with Gasteiger partial charge in [0.2, 0.25) is 10.0 Å². The molecular formula is C13H20N2O3S. The number of nitrogen functional groups attached to an aromatic ring is 1. The predicted molar refractivity (Wildman–Crippen MR) is 74.3 cm³/mol. The number of ether oxygens (including phenoxy) is 1. The summed E-state index contributed by atoms with van der Waals surface area (Å²) in [4.78, 5) is 0.125. The van der Waals surface area contributed by atoms with Crippen LogP contribution < -0.4 is 10.5 Å². The first kappa shape index (κ1) is 14.3. The summed E-state index contributed by atoms with van der Waals surface area (Å²) >= 11 is 0. The summed E-state index contributed by atoms with van der Waals surface area (Å²) in [5.41, 5.74) is 6.94. The molecule has 1 aliphatic rings. The van der Waals surface area contributed by atoms with E-state index in [9.17, 15) is 8.42 Å². The van der Waals surface area contributed by atoms with Crippen molar-refractivity contribution >= 4 is 15.7 Å². The number of hydrogen-bond acceptors (Lipinski definition) is 4. The molecule has 1 fully saturated rings. The monoisotopic (exact) mass is 284 g/mol. The van der Waals surface area contributed by atoms with Gasteiger partial charge in [-0.25, -0.2) is 13.1 Å². The maximum Gasteiger partial charge on any atom is 0.242 e. The Kier molecular flexibility index (Phi) is 4.44. The summed E-state index contributed by atoms with van der Waals surface area (Å²) in [5.74, 6) is 0.685. The van der Waals surface area contributed by atoms with Crippen molar-refractivity contribution in [3.05, 3.63) is 23.8 Å². The summed E-state index contributed by atoms with van der Waals surface area (Å²) in [7, 11) is -3.55. The van der Waals surface area contributed by atoms with Gasteiger partial charge in [0.25, 0.3) is 0 Å². The molecule has 2 rings (SSSR count). The van der Waals surface area contributed by atoms with Gasteiger partial charge in [-0.3, -0.25) is 0 Å².